The molecule has 1 aromatic carbocycles. The maximum absolute atomic E-state index is 12.0. The summed E-state index contributed by atoms with van der Waals surface area (Å²) in [6, 6.07) is 10.2. The molecule has 8 heteroatoms. The van der Waals surface area contributed by atoms with Gasteiger partial charge in [0.15, 0.2) is 0 Å². The summed E-state index contributed by atoms with van der Waals surface area (Å²) in [5.41, 5.74) is 2.05. The lowest BCUT2D eigenvalue weighted by atomic mass is 10.0. The molecular formula is C22H23N3O4S. The number of thiophene rings is 1. The van der Waals surface area contributed by atoms with Gasteiger partial charge in [0, 0.05) is 22.9 Å². The predicted molar refractivity (Wildman–Crippen MR) is 117 cm³/mol. The van der Waals surface area contributed by atoms with Gasteiger partial charge >= 0.3 is 5.97 Å². The molecule has 156 valence electrons. The molecule has 0 aliphatic rings. The van der Waals surface area contributed by atoms with Crippen molar-refractivity contribution in [2.75, 3.05) is 0 Å². The third-order valence-electron chi connectivity index (χ3n) is 4.95. The average Bonchev–Trinajstić information content (AvgIpc) is 3.37. The van der Waals surface area contributed by atoms with E-state index >= 15 is 0 Å². The van der Waals surface area contributed by atoms with Crippen molar-refractivity contribution in [1.82, 2.24) is 9.55 Å². The number of carboxylic acids is 1. The zero-order valence-electron chi connectivity index (χ0n) is 16.9. The highest BCUT2D eigenvalue weighted by molar-refractivity contribution is 7.11. The monoisotopic (exact) mass is 425 g/mol. The van der Waals surface area contributed by atoms with Crippen molar-refractivity contribution in [3.05, 3.63) is 80.0 Å². The first-order chi connectivity index (χ1) is 14.4. The Morgan fingerprint density at radius 3 is 2.67 bits per heavy atom. The van der Waals surface area contributed by atoms with Crippen molar-refractivity contribution < 1.29 is 14.8 Å². The molecule has 2 heterocycles. The van der Waals surface area contributed by atoms with Gasteiger partial charge < -0.3 is 9.67 Å². The fourth-order valence-electron chi connectivity index (χ4n) is 3.42. The molecule has 0 fully saturated rings. The second kappa shape index (κ2) is 9.49. The number of hydrogen-bond acceptors (Lipinski definition) is 5. The highest BCUT2D eigenvalue weighted by Gasteiger charge is 2.22. The Balaban J connectivity index is 2.15. The Hall–Kier alpha value is -3.26. The van der Waals surface area contributed by atoms with Crippen LogP contribution in [0.5, 0.6) is 0 Å². The van der Waals surface area contributed by atoms with Gasteiger partial charge in [-0.15, -0.1) is 11.3 Å². The summed E-state index contributed by atoms with van der Waals surface area (Å²) in [7, 11) is 0. The van der Waals surface area contributed by atoms with E-state index in [0.29, 0.717) is 28.1 Å². The number of unbranched alkanes of at least 4 members (excludes halogenated alkanes) is 1. The molecule has 2 aromatic heterocycles. The van der Waals surface area contributed by atoms with E-state index in [1.54, 1.807) is 37.4 Å². The lowest BCUT2D eigenvalue weighted by Crippen LogP contribution is -2.11. The molecular weight excluding hydrogens is 402 g/mol. The maximum Gasteiger partial charge on any atom is 0.337 e. The summed E-state index contributed by atoms with van der Waals surface area (Å²) in [4.78, 5) is 28.3. The zero-order chi connectivity index (χ0) is 21.7. The highest BCUT2D eigenvalue weighted by Crippen LogP contribution is 2.31. The fraction of sp³-hybridized carbons (Fsp3) is 0.273. The molecule has 7 nitrogen and oxygen atoms in total. The second-order valence-electron chi connectivity index (χ2n) is 6.92. The minimum atomic E-state index is -1.01. The molecule has 30 heavy (non-hydrogen) atoms. The summed E-state index contributed by atoms with van der Waals surface area (Å²) in [6.45, 7) is 4.10. The van der Waals surface area contributed by atoms with E-state index < -0.39 is 10.9 Å². The van der Waals surface area contributed by atoms with Crippen LogP contribution in [0, 0.1) is 10.1 Å². The molecule has 3 rings (SSSR count). The van der Waals surface area contributed by atoms with E-state index in [1.165, 1.54) is 17.4 Å². The Bertz CT molecular complexity index is 1080. The van der Waals surface area contributed by atoms with Crippen LogP contribution in [0.3, 0.4) is 0 Å². The first-order valence-corrected chi connectivity index (χ1v) is 10.6. The molecule has 0 bridgehead atoms. The van der Waals surface area contributed by atoms with Gasteiger partial charge in [0.05, 0.1) is 28.9 Å². The van der Waals surface area contributed by atoms with Crippen molar-refractivity contribution in [1.29, 1.82) is 0 Å². The number of para-hydroxylation sites is 1. The lowest BCUT2D eigenvalue weighted by molar-refractivity contribution is -0.385. The van der Waals surface area contributed by atoms with Crippen LogP contribution in [-0.4, -0.2) is 25.6 Å². The molecule has 0 radical (unpaired) electrons. The van der Waals surface area contributed by atoms with Crippen LogP contribution in [0.2, 0.25) is 0 Å². The van der Waals surface area contributed by atoms with Gasteiger partial charge in [-0.1, -0.05) is 37.6 Å². The van der Waals surface area contributed by atoms with Crippen molar-refractivity contribution in [3.8, 4) is 0 Å². The minimum absolute atomic E-state index is 0.0388. The summed E-state index contributed by atoms with van der Waals surface area (Å²) in [5.74, 6) is -0.219. The summed E-state index contributed by atoms with van der Waals surface area (Å²) in [5, 5.41) is 23.2. The number of rotatable bonds is 9. The smallest absolute Gasteiger partial charge is 0.337 e. The Morgan fingerprint density at radius 1 is 1.27 bits per heavy atom. The number of carbonyl (C=O) groups is 1. The van der Waals surface area contributed by atoms with Crippen molar-refractivity contribution in [2.24, 2.45) is 0 Å². The van der Waals surface area contributed by atoms with Crippen LogP contribution < -0.4 is 0 Å². The van der Waals surface area contributed by atoms with Gasteiger partial charge in [0.2, 0.25) is 0 Å². The third-order valence-corrected chi connectivity index (χ3v) is 5.84. The number of nitrogens with zero attached hydrogens (tertiary/aromatic N) is 3. The van der Waals surface area contributed by atoms with Crippen molar-refractivity contribution in [2.45, 2.75) is 39.7 Å². The molecule has 0 spiro atoms. The van der Waals surface area contributed by atoms with Gasteiger partial charge in [-0.25, -0.2) is 9.78 Å². The van der Waals surface area contributed by atoms with E-state index in [9.17, 15) is 20.0 Å². The quantitative estimate of drug-likeness (QED) is 0.286. The van der Waals surface area contributed by atoms with E-state index in [4.69, 9.17) is 0 Å². The van der Waals surface area contributed by atoms with Crippen molar-refractivity contribution in [3.63, 3.8) is 0 Å². The largest absolute Gasteiger partial charge is 0.478 e. The van der Waals surface area contributed by atoms with Gasteiger partial charge in [-0.3, -0.25) is 10.1 Å². The van der Waals surface area contributed by atoms with Crippen molar-refractivity contribution >= 4 is 34.1 Å². The van der Waals surface area contributed by atoms with Gasteiger partial charge in [0.1, 0.15) is 5.82 Å². The Kier molecular flexibility index (Phi) is 6.79. The number of benzene rings is 1. The van der Waals surface area contributed by atoms with Gasteiger partial charge in [-0.2, -0.15) is 0 Å². The highest BCUT2D eigenvalue weighted by atomic mass is 32.1. The number of aliphatic carboxylic acids is 1. The van der Waals surface area contributed by atoms with Crippen LogP contribution in [0.1, 0.15) is 48.6 Å². The number of carboxylic acid groups (broad SMARTS) is 1. The lowest BCUT2D eigenvalue weighted by Gasteiger charge is -2.14. The van der Waals surface area contributed by atoms with Crippen LogP contribution in [-0.2, 0) is 17.8 Å². The summed E-state index contributed by atoms with van der Waals surface area (Å²) < 4.78 is 1.91. The first kappa shape index (κ1) is 21.4. The average molecular weight is 426 g/mol. The molecule has 1 N–H and O–H groups in total. The number of nitro benzene ring substituents is 1. The van der Waals surface area contributed by atoms with Crippen LogP contribution >= 0.6 is 11.3 Å². The van der Waals surface area contributed by atoms with Gasteiger partial charge in [-0.05, 0) is 30.4 Å². The van der Waals surface area contributed by atoms with E-state index in [1.807, 2.05) is 16.0 Å². The number of nitro groups is 1. The van der Waals surface area contributed by atoms with Crippen LogP contribution in [0.4, 0.5) is 5.69 Å². The zero-order valence-corrected chi connectivity index (χ0v) is 17.7. The van der Waals surface area contributed by atoms with E-state index in [-0.39, 0.29) is 17.8 Å². The summed E-state index contributed by atoms with van der Waals surface area (Å²) in [6.07, 6.45) is 4.29. The fourth-order valence-corrected chi connectivity index (χ4v) is 4.24. The van der Waals surface area contributed by atoms with Crippen LogP contribution in [0.15, 0.2) is 48.0 Å². The van der Waals surface area contributed by atoms with Crippen LogP contribution in [0.25, 0.3) is 11.1 Å². The third kappa shape index (κ3) is 4.49. The van der Waals surface area contributed by atoms with E-state index in [2.05, 4.69) is 11.9 Å². The second-order valence-corrected chi connectivity index (χ2v) is 7.87. The maximum atomic E-state index is 12.0. The number of imidazole rings is 1. The number of aryl methyl sites for hydroxylation is 1. The normalized spacial score (nSPS) is 11.9. The number of aromatic nitrogens is 2. The summed E-state index contributed by atoms with van der Waals surface area (Å²) >= 11 is 1.36. The SMILES string of the molecule is CCCCc1ncc(C(C)=C(C(=O)O)c2cccs2)n1Cc1ccccc1[N+](=O)[O-]. The first-order valence-electron chi connectivity index (χ1n) is 9.69. The molecule has 0 atom stereocenters. The topological polar surface area (TPSA) is 98.3 Å². The minimum Gasteiger partial charge on any atom is -0.478 e. The predicted octanol–water partition coefficient (Wildman–Crippen LogP) is 5.26. The number of hydrogen-bond donors (Lipinski definition) is 1. The van der Waals surface area contributed by atoms with Gasteiger partial charge in [0.25, 0.3) is 5.69 Å². The molecule has 0 aliphatic carbocycles. The van der Waals surface area contributed by atoms with E-state index in [0.717, 1.165) is 18.7 Å². The molecule has 0 aliphatic heterocycles. The molecule has 0 saturated carbocycles. The Labute approximate surface area is 178 Å². The number of allylic oxidation sites excluding steroid dienone is 1. The Morgan fingerprint density at radius 2 is 2.03 bits per heavy atom. The molecule has 0 saturated heterocycles. The molecule has 0 unspecified atom stereocenters. The molecule has 3 aromatic rings. The molecule has 0 amide bonds. The standard InChI is InChI=1S/C22H23N3O4S/c1-3-4-11-20-23-13-18(15(2)21(22(26)27)19-10-7-12-30-19)24(20)14-16-8-5-6-9-17(16)25(28)29/h5-10,12-13H,3-4,11,14H2,1-2H3,(H,26,27).